The van der Waals surface area contributed by atoms with Gasteiger partial charge in [-0.25, -0.2) is 0 Å². The molecular weight excluding hydrogens is 500 g/mol. The lowest BCUT2D eigenvalue weighted by Gasteiger charge is -2.51. The second kappa shape index (κ2) is 9.67. The van der Waals surface area contributed by atoms with Crippen LogP contribution in [0.25, 0.3) is 10.8 Å². The molecule has 204 valence electrons. The Labute approximate surface area is 211 Å². The highest BCUT2D eigenvalue weighted by Crippen LogP contribution is 2.48. The molecular formula is C27H31F6NO3. The molecule has 37 heavy (non-hydrogen) atoms. The van der Waals surface area contributed by atoms with Crippen LogP contribution >= 0.6 is 0 Å². The number of ether oxygens (including phenoxy) is 1. The molecule has 2 aliphatic rings. The smallest absolute Gasteiger partial charge is 0.420 e. The highest BCUT2D eigenvalue weighted by molar-refractivity contribution is 5.89. The Morgan fingerprint density at radius 3 is 2.24 bits per heavy atom. The van der Waals surface area contributed by atoms with Gasteiger partial charge in [0.2, 0.25) is 0 Å². The van der Waals surface area contributed by atoms with Gasteiger partial charge < -0.3 is 15.2 Å². The van der Waals surface area contributed by atoms with Gasteiger partial charge in [0.05, 0.1) is 17.9 Å². The maximum atomic E-state index is 14.1. The minimum absolute atomic E-state index is 0.0418. The molecule has 2 aliphatic carbocycles. The van der Waals surface area contributed by atoms with E-state index in [1.807, 2.05) is 20.8 Å². The van der Waals surface area contributed by atoms with Gasteiger partial charge in [0.1, 0.15) is 11.3 Å². The van der Waals surface area contributed by atoms with Crippen LogP contribution in [-0.2, 0) is 11.0 Å². The predicted octanol–water partition coefficient (Wildman–Crippen LogP) is 7.51. The van der Waals surface area contributed by atoms with Crippen molar-refractivity contribution in [3.05, 3.63) is 41.5 Å². The van der Waals surface area contributed by atoms with Crippen molar-refractivity contribution in [2.45, 2.75) is 83.4 Å². The average Bonchev–Trinajstić information content (AvgIpc) is 2.79. The van der Waals surface area contributed by atoms with Crippen molar-refractivity contribution in [3.63, 3.8) is 0 Å². The van der Waals surface area contributed by atoms with Crippen LogP contribution in [0.3, 0.4) is 0 Å². The molecule has 2 saturated carbocycles. The lowest BCUT2D eigenvalue weighted by molar-refractivity contribution is -0.185. The van der Waals surface area contributed by atoms with Gasteiger partial charge >= 0.3 is 18.3 Å². The Morgan fingerprint density at radius 2 is 1.70 bits per heavy atom. The zero-order valence-electron chi connectivity index (χ0n) is 20.8. The normalized spacial score (nSPS) is 26.9. The maximum Gasteiger partial charge on any atom is 0.420 e. The molecule has 0 bridgehead atoms. The number of carbonyl (C=O) groups is 1. The Hall–Kier alpha value is -2.49. The van der Waals surface area contributed by atoms with Crippen LogP contribution in [0.15, 0.2) is 30.3 Å². The summed E-state index contributed by atoms with van der Waals surface area (Å²) >= 11 is 0. The SMILES string of the molecule is C[C@H](NC1CC(C(=O)O)C1(C)C)c1ccc2c(C(F)(F)F)c(O[C@H]3CC[C@@H](C(F)(F)F)CC3)ccc2c1. The number of halogens is 6. The Balaban J connectivity index is 1.54. The monoisotopic (exact) mass is 531 g/mol. The first-order chi connectivity index (χ1) is 17.1. The molecule has 0 aromatic heterocycles. The van der Waals surface area contributed by atoms with E-state index in [0.29, 0.717) is 11.8 Å². The van der Waals surface area contributed by atoms with Gasteiger partial charge in [0.25, 0.3) is 0 Å². The predicted molar refractivity (Wildman–Crippen MR) is 126 cm³/mol. The van der Waals surface area contributed by atoms with Crippen LogP contribution in [0.2, 0.25) is 0 Å². The third-order valence-corrected chi connectivity index (χ3v) is 8.24. The minimum Gasteiger partial charge on any atom is -0.490 e. The first-order valence-corrected chi connectivity index (χ1v) is 12.4. The fraction of sp³-hybridized carbons (Fsp3) is 0.593. The van der Waals surface area contributed by atoms with Crippen LogP contribution in [0.1, 0.15) is 70.0 Å². The van der Waals surface area contributed by atoms with Gasteiger partial charge in [-0.2, -0.15) is 26.3 Å². The molecule has 2 unspecified atom stereocenters. The molecule has 3 atom stereocenters. The van der Waals surface area contributed by atoms with Crippen LogP contribution in [-0.4, -0.2) is 29.4 Å². The summed E-state index contributed by atoms with van der Waals surface area (Å²) in [5.74, 6) is -3.11. The highest BCUT2D eigenvalue weighted by Gasteiger charge is 2.52. The van der Waals surface area contributed by atoms with E-state index in [0.717, 1.165) is 5.56 Å². The summed E-state index contributed by atoms with van der Waals surface area (Å²) in [4.78, 5) is 11.4. The van der Waals surface area contributed by atoms with Gasteiger partial charge in [0, 0.05) is 12.1 Å². The van der Waals surface area contributed by atoms with Crippen molar-refractivity contribution in [1.82, 2.24) is 5.32 Å². The number of nitrogens with one attached hydrogen (secondary N) is 1. The van der Waals surface area contributed by atoms with E-state index in [2.05, 4.69) is 5.32 Å². The fourth-order valence-electron chi connectivity index (χ4n) is 5.70. The largest absolute Gasteiger partial charge is 0.490 e. The lowest BCUT2D eigenvalue weighted by atomic mass is 9.58. The lowest BCUT2D eigenvalue weighted by Crippen LogP contribution is -2.59. The number of carboxylic acid groups (broad SMARTS) is 1. The van der Waals surface area contributed by atoms with Gasteiger partial charge in [-0.15, -0.1) is 0 Å². The van der Waals surface area contributed by atoms with Crippen molar-refractivity contribution in [1.29, 1.82) is 0 Å². The number of fused-ring (bicyclic) bond motifs is 1. The summed E-state index contributed by atoms with van der Waals surface area (Å²) in [7, 11) is 0. The number of rotatable bonds is 6. The van der Waals surface area contributed by atoms with E-state index in [9.17, 15) is 36.2 Å². The van der Waals surface area contributed by atoms with E-state index in [-0.39, 0.29) is 48.9 Å². The molecule has 0 amide bonds. The molecule has 4 rings (SSSR count). The van der Waals surface area contributed by atoms with Gasteiger partial charge in [-0.1, -0.05) is 32.0 Å². The van der Waals surface area contributed by atoms with Gasteiger partial charge in [-0.3, -0.25) is 4.79 Å². The van der Waals surface area contributed by atoms with Crippen LogP contribution in [0.5, 0.6) is 5.75 Å². The minimum atomic E-state index is -4.72. The van der Waals surface area contributed by atoms with Crippen molar-refractivity contribution in [2.24, 2.45) is 17.3 Å². The summed E-state index contributed by atoms with van der Waals surface area (Å²) in [6.07, 6.45) is -9.49. The molecule has 4 nitrogen and oxygen atoms in total. The van der Waals surface area contributed by atoms with E-state index >= 15 is 0 Å². The van der Waals surface area contributed by atoms with Crippen molar-refractivity contribution < 1.29 is 41.0 Å². The van der Waals surface area contributed by atoms with Crippen molar-refractivity contribution >= 4 is 16.7 Å². The molecule has 0 aliphatic heterocycles. The highest BCUT2D eigenvalue weighted by atomic mass is 19.4. The number of hydrogen-bond acceptors (Lipinski definition) is 3. The quantitative estimate of drug-likeness (QED) is 0.379. The van der Waals surface area contributed by atoms with Crippen LogP contribution < -0.4 is 10.1 Å². The number of benzene rings is 2. The molecule has 0 spiro atoms. The molecule has 10 heteroatoms. The Kier molecular flexibility index (Phi) is 7.20. The van der Waals surface area contributed by atoms with E-state index in [1.165, 1.54) is 18.2 Å². The number of carboxylic acids is 1. The van der Waals surface area contributed by atoms with Gasteiger partial charge in [-0.05, 0) is 72.9 Å². The van der Waals surface area contributed by atoms with Crippen molar-refractivity contribution in [3.8, 4) is 5.75 Å². The van der Waals surface area contributed by atoms with Crippen molar-refractivity contribution in [2.75, 3.05) is 0 Å². The van der Waals surface area contributed by atoms with E-state index in [1.54, 1.807) is 12.1 Å². The van der Waals surface area contributed by atoms with Crippen LogP contribution in [0.4, 0.5) is 26.3 Å². The third kappa shape index (κ3) is 5.54. The second-order valence-corrected chi connectivity index (χ2v) is 10.9. The topological polar surface area (TPSA) is 58.6 Å². The molecule has 2 fully saturated rings. The standard InChI is InChI=1S/C27H31F6NO3/c1-14(34-22-13-20(24(35)36)25(22,2)3)15-4-10-19-16(12-15)5-11-21(23(19)27(31,32)33)37-18-8-6-17(7-9-18)26(28,29)30/h4-5,10-12,14,17-18,20,22,34H,6-9,13H2,1-3H3,(H,35,36)/t14-,17-,18+,20?,22?/m0/s1. The molecule has 2 aromatic carbocycles. The molecule has 2 N–H and O–H groups in total. The summed E-state index contributed by atoms with van der Waals surface area (Å²) in [5.41, 5.74) is -0.625. The fourth-order valence-corrected chi connectivity index (χ4v) is 5.70. The first kappa shape index (κ1) is 27.5. The first-order valence-electron chi connectivity index (χ1n) is 12.4. The Bertz CT molecular complexity index is 1150. The molecule has 0 saturated heterocycles. The number of hydrogen-bond donors (Lipinski definition) is 2. The maximum absolute atomic E-state index is 14.1. The molecule has 2 aromatic rings. The summed E-state index contributed by atoms with van der Waals surface area (Å²) in [5, 5.41) is 13.1. The number of aliphatic carboxylic acids is 1. The van der Waals surface area contributed by atoms with E-state index < -0.39 is 47.2 Å². The zero-order chi connectivity index (χ0) is 27.3. The summed E-state index contributed by atoms with van der Waals surface area (Å²) in [6, 6.07) is 7.17. The Morgan fingerprint density at radius 1 is 1.05 bits per heavy atom. The average molecular weight is 532 g/mol. The number of alkyl halides is 6. The summed E-state index contributed by atoms with van der Waals surface area (Å²) < 4.78 is 86.9. The summed E-state index contributed by atoms with van der Waals surface area (Å²) in [6.45, 7) is 5.64. The van der Waals surface area contributed by atoms with Crippen LogP contribution in [0, 0.1) is 17.3 Å². The van der Waals surface area contributed by atoms with Gasteiger partial charge in [0.15, 0.2) is 0 Å². The second-order valence-electron chi connectivity index (χ2n) is 10.9. The third-order valence-electron chi connectivity index (χ3n) is 8.24. The van der Waals surface area contributed by atoms with E-state index in [4.69, 9.17) is 4.74 Å². The molecule has 0 radical (unpaired) electrons. The zero-order valence-corrected chi connectivity index (χ0v) is 20.8. The molecule has 0 heterocycles.